The number of hydrogen-bond donors (Lipinski definition) is 1. The van der Waals surface area contributed by atoms with Gasteiger partial charge in [-0.05, 0) is 43.5 Å². The first-order valence-electron chi connectivity index (χ1n) is 5.55. The summed E-state index contributed by atoms with van der Waals surface area (Å²) in [6.07, 6.45) is 5.62. The molecule has 1 fully saturated rings. The molecule has 1 aliphatic heterocycles. The van der Waals surface area contributed by atoms with E-state index in [0.29, 0.717) is 5.92 Å². The van der Waals surface area contributed by atoms with Crippen LogP contribution in [0.5, 0.6) is 0 Å². The molecule has 0 amide bonds. The zero-order valence-electron chi connectivity index (χ0n) is 8.79. The maximum absolute atomic E-state index is 4.47. The van der Waals surface area contributed by atoms with Crippen LogP contribution in [0, 0.1) is 0 Å². The normalized spacial score (nSPS) is 22.2. The third-order valence-corrected chi connectivity index (χ3v) is 2.97. The lowest BCUT2D eigenvalue weighted by molar-refractivity contribution is 0.454. The molecule has 2 nitrogen and oxygen atoms in total. The maximum atomic E-state index is 4.47. The molecule has 2 rings (SSSR count). The summed E-state index contributed by atoms with van der Waals surface area (Å²) in [6, 6.07) is 4.37. The van der Waals surface area contributed by atoms with Crippen LogP contribution in [0.2, 0.25) is 0 Å². The van der Waals surface area contributed by atoms with Crippen molar-refractivity contribution in [2.75, 3.05) is 13.1 Å². The molecule has 76 valence electrons. The van der Waals surface area contributed by atoms with Crippen molar-refractivity contribution in [3.05, 3.63) is 29.6 Å². The van der Waals surface area contributed by atoms with Gasteiger partial charge in [-0.15, -0.1) is 0 Å². The molecule has 1 saturated heterocycles. The lowest BCUT2D eigenvalue weighted by atomic mass is 9.94. The van der Waals surface area contributed by atoms with Crippen molar-refractivity contribution < 1.29 is 0 Å². The van der Waals surface area contributed by atoms with E-state index >= 15 is 0 Å². The fourth-order valence-corrected chi connectivity index (χ4v) is 2.04. The average molecular weight is 190 g/mol. The molecule has 0 aromatic carbocycles. The fourth-order valence-electron chi connectivity index (χ4n) is 2.04. The third-order valence-electron chi connectivity index (χ3n) is 2.97. The van der Waals surface area contributed by atoms with Crippen LogP contribution in [0.1, 0.15) is 36.9 Å². The quantitative estimate of drug-likeness (QED) is 0.772. The fraction of sp³-hybridized carbons (Fsp3) is 0.583. The van der Waals surface area contributed by atoms with Gasteiger partial charge in [0.25, 0.3) is 0 Å². The smallest absolute Gasteiger partial charge is 0.0449 e. The predicted octanol–water partition coefficient (Wildman–Crippen LogP) is 2.11. The van der Waals surface area contributed by atoms with Gasteiger partial charge in [0, 0.05) is 24.4 Å². The Morgan fingerprint density at radius 1 is 1.57 bits per heavy atom. The summed E-state index contributed by atoms with van der Waals surface area (Å²) < 4.78 is 0. The zero-order chi connectivity index (χ0) is 9.80. The third kappa shape index (κ3) is 2.13. The summed E-state index contributed by atoms with van der Waals surface area (Å²) in [5.41, 5.74) is 2.68. The van der Waals surface area contributed by atoms with E-state index in [1.54, 1.807) is 0 Å². The number of piperidine rings is 1. The van der Waals surface area contributed by atoms with Crippen LogP contribution < -0.4 is 5.32 Å². The van der Waals surface area contributed by atoms with Gasteiger partial charge >= 0.3 is 0 Å². The minimum Gasteiger partial charge on any atom is -0.316 e. The lowest BCUT2D eigenvalue weighted by Gasteiger charge is -2.22. The van der Waals surface area contributed by atoms with Gasteiger partial charge in [0.15, 0.2) is 0 Å². The molecule has 1 N–H and O–H groups in total. The van der Waals surface area contributed by atoms with Crippen molar-refractivity contribution in [2.24, 2.45) is 0 Å². The number of aryl methyl sites for hydroxylation is 1. The SMILES string of the molecule is CCc1ccnc(C2CCCNC2)c1. The first-order valence-corrected chi connectivity index (χ1v) is 5.55. The van der Waals surface area contributed by atoms with Gasteiger partial charge in [-0.3, -0.25) is 4.98 Å². The molecule has 2 heterocycles. The number of nitrogens with zero attached hydrogens (tertiary/aromatic N) is 1. The Morgan fingerprint density at radius 2 is 2.50 bits per heavy atom. The molecule has 1 unspecified atom stereocenters. The highest BCUT2D eigenvalue weighted by molar-refractivity contribution is 5.19. The molecule has 2 heteroatoms. The van der Waals surface area contributed by atoms with E-state index in [0.717, 1.165) is 13.0 Å². The van der Waals surface area contributed by atoms with E-state index < -0.39 is 0 Å². The molecule has 14 heavy (non-hydrogen) atoms. The summed E-state index contributed by atoms with van der Waals surface area (Å²) in [5.74, 6) is 0.634. The Balaban J connectivity index is 2.13. The van der Waals surface area contributed by atoms with E-state index in [1.165, 1.54) is 30.6 Å². The number of nitrogens with one attached hydrogen (secondary N) is 1. The summed E-state index contributed by atoms with van der Waals surface area (Å²) in [4.78, 5) is 4.47. The Labute approximate surface area is 85.7 Å². The first kappa shape index (κ1) is 9.66. The van der Waals surface area contributed by atoms with Crippen LogP contribution in [-0.4, -0.2) is 18.1 Å². The predicted molar refractivity (Wildman–Crippen MR) is 58.5 cm³/mol. The van der Waals surface area contributed by atoms with Gasteiger partial charge in [-0.2, -0.15) is 0 Å². The van der Waals surface area contributed by atoms with Crippen molar-refractivity contribution in [2.45, 2.75) is 32.1 Å². The van der Waals surface area contributed by atoms with E-state index in [2.05, 4.69) is 29.4 Å². The van der Waals surface area contributed by atoms with Crippen LogP contribution in [0.25, 0.3) is 0 Å². The molecule has 0 saturated carbocycles. The number of hydrogen-bond acceptors (Lipinski definition) is 2. The minimum atomic E-state index is 0.634. The second-order valence-electron chi connectivity index (χ2n) is 3.99. The van der Waals surface area contributed by atoms with Gasteiger partial charge < -0.3 is 5.32 Å². The zero-order valence-corrected chi connectivity index (χ0v) is 8.79. The summed E-state index contributed by atoms with van der Waals surface area (Å²) >= 11 is 0. The van der Waals surface area contributed by atoms with Crippen molar-refractivity contribution in [1.82, 2.24) is 10.3 Å². The van der Waals surface area contributed by atoms with E-state index in [4.69, 9.17) is 0 Å². The van der Waals surface area contributed by atoms with Gasteiger partial charge in [0.1, 0.15) is 0 Å². The van der Waals surface area contributed by atoms with E-state index in [-0.39, 0.29) is 0 Å². The Morgan fingerprint density at radius 3 is 3.21 bits per heavy atom. The highest BCUT2D eigenvalue weighted by Gasteiger charge is 2.15. The lowest BCUT2D eigenvalue weighted by Crippen LogP contribution is -2.28. The van der Waals surface area contributed by atoms with Gasteiger partial charge in [0.05, 0.1) is 0 Å². The van der Waals surface area contributed by atoms with Crippen LogP contribution in [-0.2, 0) is 6.42 Å². The number of aromatic nitrogens is 1. The molecule has 1 aromatic rings. The van der Waals surface area contributed by atoms with Gasteiger partial charge in [0.2, 0.25) is 0 Å². The van der Waals surface area contributed by atoms with Crippen LogP contribution in [0.4, 0.5) is 0 Å². The molecular formula is C12H18N2. The number of rotatable bonds is 2. The van der Waals surface area contributed by atoms with Crippen LogP contribution >= 0.6 is 0 Å². The number of pyridine rings is 1. The largest absolute Gasteiger partial charge is 0.316 e. The van der Waals surface area contributed by atoms with E-state index in [9.17, 15) is 0 Å². The Bertz CT molecular complexity index is 290. The Hall–Kier alpha value is -0.890. The van der Waals surface area contributed by atoms with Crippen molar-refractivity contribution in [3.63, 3.8) is 0 Å². The molecular weight excluding hydrogens is 172 g/mol. The second-order valence-corrected chi connectivity index (χ2v) is 3.99. The van der Waals surface area contributed by atoms with Crippen LogP contribution in [0.15, 0.2) is 18.3 Å². The monoisotopic (exact) mass is 190 g/mol. The average Bonchev–Trinajstić information content (AvgIpc) is 2.30. The van der Waals surface area contributed by atoms with Crippen LogP contribution in [0.3, 0.4) is 0 Å². The van der Waals surface area contributed by atoms with Crippen molar-refractivity contribution in [1.29, 1.82) is 0 Å². The van der Waals surface area contributed by atoms with Gasteiger partial charge in [-0.25, -0.2) is 0 Å². The molecule has 1 aliphatic rings. The van der Waals surface area contributed by atoms with Gasteiger partial charge in [-0.1, -0.05) is 6.92 Å². The maximum Gasteiger partial charge on any atom is 0.0449 e. The van der Waals surface area contributed by atoms with Crippen molar-refractivity contribution >= 4 is 0 Å². The summed E-state index contributed by atoms with van der Waals surface area (Å²) in [5, 5.41) is 3.43. The summed E-state index contributed by atoms with van der Waals surface area (Å²) in [7, 11) is 0. The minimum absolute atomic E-state index is 0.634. The molecule has 0 bridgehead atoms. The first-order chi connectivity index (χ1) is 6.90. The second kappa shape index (κ2) is 4.56. The standard InChI is InChI=1S/C12H18N2/c1-2-10-5-7-14-12(8-10)11-4-3-6-13-9-11/h5,7-8,11,13H,2-4,6,9H2,1H3. The molecule has 0 radical (unpaired) electrons. The molecule has 0 spiro atoms. The molecule has 1 atom stereocenters. The highest BCUT2D eigenvalue weighted by Crippen LogP contribution is 2.21. The molecule has 0 aliphatic carbocycles. The summed E-state index contributed by atoms with van der Waals surface area (Å²) in [6.45, 7) is 4.46. The molecule has 1 aromatic heterocycles. The highest BCUT2D eigenvalue weighted by atomic mass is 14.9. The van der Waals surface area contributed by atoms with E-state index in [1.807, 2.05) is 6.20 Å². The van der Waals surface area contributed by atoms with Crippen molar-refractivity contribution in [3.8, 4) is 0 Å². The Kier molecular flexibility index (Phi) is 3.14. The topological polar surface area (TPSA) is 24.9 Å².